The van der Waals surface area contributed by atoms with Crippen LogP contribution < -0.4 is 9.64 Å². The minimum atomic E-state index is -0.0330. The molecule has 0 atom stereocenters. The smallest absolute Gasteiger partial charge is 0.176 e. The molecule has 1 aromatic heterocycles. The molecule has 2 aromatic carbocycles. The number of piperidine rings is 1. The average molecular weight is 369 g/mol. The molecule has 1 aliphatic rings. The Balaban J connectivity index is 1.83. The fraction of sp³-hybridized carbons (Fsp3) is 0.286. The molecule has 0 aliphatic carbocycles. The SMILES string of the molecule is COc1cc(-c2ccc3nccc(N4CCCCC4)c3c2)cc(Cl)c1O. The van der Waals surface area contributed by atoms with Crippen molar-refractivity contribution in [1.82, 2.24) is 4.98 Å². The van der Waals surface area contributed by atoms with Crippen LogP contribution in [0.1, 0.15) is 19.3 Å². The largest absolute Gasteiger partial charge is 0.503 e. The van der Waals surface area contributed by atoms with Gasteiger partial charge in [-0.1, -0.05) is 17.7 Å². The number of halogens is 1. The molecule has 26 heavy (non-hydrogen) atoms. The molecule has 5 heteroatoms. The Morgan fingerprint density at radius 3 is 2.62 bits per heavy atom. The number of anilines is 1. The number of nitrogens with zero attached hydrogens (tertiary/aromatic N) is 2. The summed E-state index contributed by atoms with van der Waals surface area (Å²) in [5, 5.41) is 11.4. The maximum atomic E-state index is 9.98. The first-order valence-corrected chi connectivity index (χ1v) is 9.26. The van der Waals surface area contributed by atoms with Crippen molar-refractivity contribution in [1.29, 1.82) is 0 Å². The number of phenols is 1. The quantitative estimate of drug-likeness (QED) is 0.685. The van der Waals surface area contributed by atoms with E-state index in [1.165, 1.54) is 32.1 Å². The minimum Gasteiger partial charge on any atom is -0.503 e. The molecule has 0 spiro atoms. The Labute approximate surface area is 158 Å². The topological polar surface area (TPSA) is 45.6 Å². The van der Waals surface area contributed by atoms with Gasteiger partial charge in [0.2, 0.25) is 0 Å². The first kappa shape index (κ1) is 17.0. The second-order valence-corrected chi connectivity index (χ2v) is 7.03. The van der Waals surface area contributed by atoms with Crippen LogP contribution in [-0.2, 0) is 0 Å². The van der Waals surface area contributed by atoms with Gasteiger partial charge in [-0.05, 0) is 60.7 Å². The zero-order valence-electron chi connectivity index (χ0n) is 14.7. The predicted octanol–water partition coefficient (Wildman–Crippen LogP) is 5.26. The number of hydrogen-bond donors (Lipinski definition) is 1. The summed E-state index contributed by atoms with van der Waals surface area (Å²) in [5.74, 6) is 0.337. The summed E-state index contributed by atoms with van der Waals surface area (Å²) in [4.78, 5) is 6.97. The van der Waals surface area contributed by atoms with Crippen molar-refractivity contribution in [3.8, 4) is 22.6 Å². The van der Waals surface area contributed by atoms with E-state index >= 15 is 0 Å². The third-order valence-corrected chi connectivity index (χ3v) is 5.29. The summed E-state index contributed by atoms with van der Waals surface area (Å²) in [5.41, 5.74) is 4.13. The van der Waals surface area contributed by atoms with Crippen molar-refractivity contribution < 1.29 is 9.84 Å². The molecule has 1 saturated heterocycles. The predicted molar refractivity (Wildman–Crippen MR) is 106 cm³/mol. The fourth-order valence-corrected chi connectivity index (χ4v) is 3.83. The number of benzene rings is 2. The Bertz CT molecular complexity index is 952. The fourth-order valence-electron chi connectivity index (χ4n) is 3.62. The van der Waals surface area contributed by atoms with E-state index in [-0.39, 0.29) is 10.8 Å². The van der Waals surface area contributed by atoms with Crippen LogP contribution in [0.4, 0.5) is 5.69 Å². The summed E-state index contributed by atoms with van der Waals surface area (Å²) in [6.07, 6.45) is 5.64. The number of ether oxygens (including phenoxy) is 1. The van der Waals surface area contributed by atoms with Crippen LogP contribution in [0.3, 0.4) is 0 Å². The number of phenolic OH excluding ortho intramolecular Hbond substituents is 1. The molecule has 0 saturated carbocycles. The second kappa shape index (κ2) is 7.04. The molecular formula is C21H21ClN2O2. The molecule has 0 bridgehead atoms. The number of methoxy groups -OCH3 is 1. The van der Waals surface area contributed by atoms with Crippen molar-refractivity contribution in [2.75, 3.05) is 25.1 Å². The highest BCUT2D eigenvalue weighted by Crippen LogP contribution is 2.39. The third-order valence-electron chi connectivity index (χ3n) is 5.00. The van der Waals surface area contributed by atoms with E-state index in [0.29, 0.717) is 5.75 Å². The van der Waals surface area contributed by atoms with E-state index in [0.717, 1.165) is 35.1 Å². The van der Waals surface area contributed by atoms with Gasteiger partial charge in [0, 0.05) is 30.4 Å². The second-order valence-electron chi connectivity index (χ2n) is 6.62. The van der Waals surface area contributed by atoms with Gasteiger partial charge < -0.3 is 14.7 Å². The van der Waals surface area contributed by atoms with Crippen molar-refractivity contribution in [2.24, 2.45) is 0 Å². The molecule has 2 heterocycles. The first-order chi connectivity index (χ1) is 12.7. The van der Waals surface area contributed by atoms with Crippen LogP contribution in [0, 0.1) is 0 Å². The maximum Gasteiger partial charge on any atom is 0.176 e. The van der Waals surface area contributed by atoms with Crippen molar-refractivity contribution in [3.05, 3.63) is 47.6 Å². The third kappa shape index (κ3) is 3.06. The molecule has 3 aromatic rings. The zero-order chi connectivity index (χ0) is 18.1. The number of hydrogen-bond acceptors (Lipinski definition) is 4. The lowest BCUT2D eigenvalue weighted by Crippen LogP contribution is -2.29. The number of pyridine rings is 1. The van der Waals surface area contributed by atoms with E-state index in [1.54, 1.807) is 12.1 Å². The molecule has 0 unspecified atom stereocenters. The van der Waals surface area contributed by atoms with Gasteiger partial charge in [-0.2, -0.15) is 0 Å². The Morgan fingerprint density at radius 1 is 1.04 bits per heavy atom. The van der Waals surface area contributed by atoms with E-state index in [1.807, 2.05) is 18.3 Å². The Morgan fingerprint density at radius 2 is 1.85 bits per heavy atom. The summed E-state index contributed by atoms with van der Waals surface area (Å²) in [7, 11) is 1.52. The number of rotatable bonds is 3. The summed E-state index contributed by atoms with van der Waals surface area (Å²) >= 11 is 6.17. The van der Waals surface area contributed by atoms with Crippen LogP contribution in [0.25, 0.3) is 22.0 Å². The highest BCUT2D eigenvalue weighted by Gasteiger charge is 2.15. The van der Waals surface area contributed by atoms with Gasteiger partial charge in [0.15, 0.2) is 11.5 Å². The first-order valence-electron chi connectivity index (χ1n) is 8.88. The van der Waals surface area contributed by atoms with E-state index in [4.69, 9.17) is 16.3 Å². The number of aromatic hydroxyl groups is 1. The molecule has 1 N–H and O–H groups in total. The van der Waals surface area contributed by atoms with Gasteiger partial charge in [0.1, 0.15) is 0 Å². The van der Waals surface area contributed by atoms with Crippen LogP contribution >= 0.6 is 11.6 Å². The van der Waals surface area contributed by atoms with Crippen LogP contribution in [0.15, 0.2) is 42.6 Å². The lowest BCUT2D eigenvalue weighted by molar-refractivity contribution is 0.374. The Hall–Kier alpha value is -2.46. The minimum absolute atomic E-state index is 0.0330. The van der Waals surface area contributed by atoms with Gasteiger partial charge >= 0.3 is 0 Å². The summed E-state index contributed by atoms with van der Waals surface area (Å²) in [6.45, 7) is 2.17. The molecule has 0 amide bonds. The van der Waals surface area contributed by atoms with E-state index in [2.05, 4.69) is 22.0 Å². The molecule has 1 aliphatic heterocycles. The zero-order valence-corrected chi connectivity index (χ0v) is 15.5. The van der Waals surface area contributed by atoms with Gasteiger partial charge in [0.05, 0.1) is 17.6 Å². The van der Waals surface area contributed by atoms with Gasteiger partial charge in [-0.25, -0.2) is 0 Å². The van der Waals surface area contributed by atoms with Gasteiger partial charge in [0.25, 0.3) is 0 Å². The molecule has 0 radical (unpaired) electrons. The summed E-state index contributed by atoms with van der Waals surface area (Å²) < 4.78 is 5.24. The van der Waals surface area contributed by atoms with Gasteiger partial charge in [-0.15, -0.1) is 0 Å². The van der Waals surface area contributed by atoms with Crippen LogP contribution in [0.2, 0.25) is 5.02 Å². The van der Waals surface area contributed by atoms with E-state index < -0.39 is 0 Å². The van der Waals surface area contributed by atoms with E-state index in [9.17, 15) is 5.11 Å². The van der Waals surface area contributed by atoms with Gasteiger partial charge in [-0.3, -0.25) is 4.98 Å². The molecular weight excluding hydrogens is 348 g/mol. The normalized spacial score (nSPS) is 14.6. The van der Waals surface area contributed by atoms with Crippen molar-refractivity contribution in [3.63, 3.8) is 0 Å². The molecule has 4 nitrogen and oxygen atoms in total. The van der Waals surface area contributed by atoms with Crippen molar-refractivity contribution in [2.45, 2.75) is 19.3 Å². The lowest BCUT2D eigenvalue weighted by atomic mass is 10.0. The molecule has 134 valence electrons. The summed E-state index contributed by atoms with van der Waals surface area (Å²) in [6, 6.07) is 11.9. The maximum absolute atomic E-state index is 9.98. The van der Waals surface area contributed by atoms with Crippen molar-refractivity contribution >= 4 is 28.2 Å². The highest BCUT2D eigenvalue weighted by molar-refractivity contribution is 6.32. The molecule has 1 fully saturated rings. The van der Waals surface area contributed by atoms with Crippen LogP contribution in [0.5, 0.6) is 11.5 Å². The molecule has 4 rings (SSSR count). The number of aromatic nitrogens is 1. The number of fused-ring (bicyclic) bond motifs is 1. The van der Waals surface area contributed by atoms with Crippen LogP contribution in [-0.4, -0.2) is 30.3 Å². The average Bonchev–Trinajstić information content (AvgIpc) is 2.69. The monoisotopic (exact) mass is 368 g/mol. The lowest BCUT2D eigenvalue weighted by Gasteiger charge is -2.29. The standard InChI is InChI=1S/C21H21ClN2O2/c1-26-20-13-15(12-17(22)21(20)25)14-5-6-18-16(11-14)19(7-8-23-18)24-9-3-2-4-10-24/h5-8,11-13,25H,2-4,9-10H2,1H3. The highest BCUT2D eigenvalue weighted by atomic mass is 35.5. The Kier molecular flexibility index (Phi) is 4.60.